The Labute approximate surface area is 263 Å². The maximum Gasteiger partial charge on any atom is 0.264 e. The lowest BCUT2D eigenvalue weighted by Crippen LogP contribution is -2.53. The first-order valence-corrected chi connectivity index (χ1v) is 16.0. The van der Waals surface area contributed by atoms with Crippen LogP contribution in [0.2, 0.25) is 10.0 Å². The minimum absolute atomic E-state index is 0.0147. The fourth-order valence-corrected chi connectivity index (χ4v) is 6.27. The highest BCUT2D eigenvalue weighted by Crippen LogP contribution is 2.26. The van der Waals surface area contributed by atoms with Crippen LogP contribution in [0.15, 0.2) is 108 Å². The van der Waals surface area contributed by atoms with Crippen LogP contribution in [0.25, 0.3) is 0 Å². The Bertz CT molecular complexity index is 1630. The Balaban J connectivity index is 1.78. The number of aryl methyl sites for hydroxylation is 1. The van der Waals surface area contributed by atoms with Crippen molar-refractivity contribution in [1.82, 2.24) is 10.2 Å². The Hall–Kier alpha value is -3.85. The van der Waals surface area contributed by atoms with Crippen LogP contribution in [0, 0.1) is 6.92 Å². The molecule has 7 nitrogen and oxygen atoms in total. The summed E-state index contributed by atoms with van der Waals surface area (Å²) in [5.74, 6) is -0.878. The van der Waals surface area contributed by atoms with Crippen LogP contribution in [0.4, 0.5) is 5.69 Å². The Kier molecular flexibility index (Phi) is 10.9. The number of anilines is 1. The van der Waals surface area contributed by atoms with Crippen LogP contribution in [0.5, 0.6) is 0 Å². The smallest absolute Gasteiger partial charge is 0.264 e. The first kappa shape index (κ1) is 32.1. The number of rotatable bonds is 12. The molecule has 10 heteroatoms. The van der Waals surface area contributed by atoms with Crippen molar-refractivity contribution < 1.29 is 18.0 Å². The van der Waals surface area contributed by atoms with Gasteiger partial charge in [0.05, 0.1) is 10.6 Å². The number of sulfonamides is 1. The molecule has 4 aromatic carbocycles. The molecule has 4 aromatic rings. The van der Waals surface area contributed by atoms with Crippen LogP contribution < -0.4 is 9.62 Å². The molecule has 0 radical (unpaired) electrons. The van der Waals surface area contributed by atoms with Gasteiger partial charge in [-0.25, -0.2) is 8.42 Å². The number of benzene rings is 4. The van der Waals surface area contributed by atoms with E-state index in [4.69, 9.17) is 23.2 Å². The summed E-state index contributed by atoms with van der Waals surface area (Å²) in [7, 11) is -4.20. The minimum Gasteiger partial charge on any atom is -0.355 e. The van der Waals surface area contributed by atoms with Gasteiger partial charge in [-0.1, -0.05) is 83.4 Å². The standard InChI is InChI=1S/C33H33Cl2N3O4S/c1-3-36-33(40)31(21-25-7-5-4-6-8-25)37(22-26-11-13-27(34)14-12-26)32(39)23-38(29-17-9-24(2)10-18-29)43(41,42)30-19-15-28(35)16-20-30/h4-20,31H,3,21-23H2,1-2H3,(H,36,40). The quantitative estimate of drug-likeness (QED) is 0.198. The molecule has 0 saturated heterocycles. The third-order valence-corrected chi connectivity index (χ3v) is 9.18. The van der Waals surface area contributed by atoms with Crippen molar-refractivity contribution >= 4 is 50.7 Å². The Morgan fingerprint density at radius 3 is 1.95 bits per heavy atom. The van der Waals surface area contributed by atoms with E-state index >= 15 is 0 Å². The first-order valence-electron chi connectivity index (χ1n) is 13.8. The van der Waals surface area contributed by atoms with Crippen LogP contribution >= 0.6 is 23.2 Å². The second kappa shape index (κ2) is 14.6. The molecule has 0 heterocycles. The number of carbonyl (C=O) groups excluding carboxylic acids is 2. The highest BCUT2D eigenvalue weighted by Gasteiger charge is 2.34. The lowest BCUT2D eigenvalue weighted by Gasteiger charge is -2.34. The highest BCUT2D eigenvalue weighted by molar-refractivity contribution is 7.92. The molecule has 2 amide bonds. The predicted molar refractivity (Wildman–Crippen MR) is 172 cm³/mol. The first-order chi connectivity index (χ1) is 20.6. The van der Waals surface area contributed by atoms with Gasteiger partial charge in [-0.3, -0.25) is 13.9 Å². The molecule has 0 bridgehead atoms. The normalized spacial score (nSPS) is 11.9. The SMILES string of the molecule is CCNC(=O)C(Cc1ccccc1)N(Cc1ccc(Cl)cc1)C(=O)CN(c1ccc(C)cc1)S(=O)(=O)c1ccc(Cl)cc1. The van der Waals surface area contributed by atoms with E-state index < -0.39 is 28.5 Å². The fraction of sp³-hybridized carbons (Fsp3) is 0.212. The summed E-state index contributed by atoms with van der Waals surface area (Å²) in [6, 6.07) is 28.1. The van der Waals surface area contributed by atoms with E-state index in [9.17, 15) is 18.0 Å². The van der Waals surface area contributed by atoms with Crippen LogP contribution in [-0.2, 0) is 32.6 Å². The van der Waals surface area contributed by atoms with Gasteiger partial charge in [0, 0.05) is 29.6 Å². The van der Waals surface area contributed by atoms with Gasteiger partial charge >= 0.3 is 0 Å². The molecular formula is C33H33Cl2N3O4S. The largest absolute Gasteiger partial charge is 0.355 e. The summed E-state index contributed by atoms with van der Waals surface area (Å²) in [5.41, 5.74) is 2.85. The van der Waals surface area contributed by atoms with Gasteiger partial charge in [0.15, 0.2) is 0 Å². The maximum absolute atomic E-state index is 14.3. The number of likely N-dealkylation sites (N-methyl/N-ethyl adjacent to an activating group) is 1. The second-order valence-electron chi connectivity index (χ2n) is 10.0. The number of hydrogen-bond donors (Lipinski definition) is 1. The summed E-state index contributed by atoms with van der Waals surface area (Å²) >= 11 is 12.1. The topological polar surface area (TPSA) is 86.8 Å². The molecule has 0 aliphatic carbocycles. The number of carbonyl (C=O) groups is 2. The Morgan fingerprint density at radius 1 is 0.791 bits per heavy atom. The van der Waals surface area contributed by atoms with Crippen LogP contribution in [0.1, 0.15) is 23.6 Å². The van der Waals surface area contributed by atoms with Crippen molar-refractivity contribution in [3.05, 3.63) is 130 Å². The summed E-state index contributed by atoms with van der Waals surface area (Å²) in [6.45, 7) is 3.59. The van der Waals surface area contributed by atoms with Crippen molar-refractivity contribution in [1.29, 1.82) is 0 Å². The minimum atomic E-state index is -4.20. The van der Waals surface area contributed by atoms with E-state index in [0.717, 1.165) is 21.0 Å². The van der Waals surface area contributed by atoms with Crippen LogP contribution in [-0.4, -0.2) is 44.3 Å². The monoisotopic (exact) mass is 637 g/mol. The number of nitrogens with one attached hydrogen (secondary N) is 1. The van der Waals surface area contributed by atoms with Gasteiger partial charge in [0.1, 0.15) is 12.6 Å². The third-order valence-electron chi connectivity index (χ3n) is 6.89. The molecule has 0 aromatic heterocycles. The maximum atomic E-state index is 14.3. The van der Waals surface area contributed by atoms with Crippen molar-refractivity contribution in [3.63, 3.8) is 0 Å². The summed E-state index contributed by atoms with van der Waals surface area (Å²) in [4.78, 5) is 29.3. The number of amides is 2. The molecular weight excluding hydrogens is 605 g/mol. The van der Waals surface area contributed by atoms with Crippen molar-refractivity contribution in [2.24, 2.45) is 0 Å². The zero-order valence-electron chi connectivity index (χ0n) is 23.9. The zero-order chi connectivity index (χ0) is 31.0. The molecule has 1 N–H and O–H groups in total. The van der Waals surface area contributed by atoms with Gasteiger partial charge < -0.3 is 10.2 Å². The average Bonchev–Trinajstić information content (AvgIpc) is 3.00. The van der Waals surface area contributed by atoms with Crippen LogP contribution in [0.3, 0.4) is 0 Å². The molecule has 43 heavy (non-hydrogen) atoms. The summed E-state index contributed by atoms with van der Waals surface area (Å²) in [6.07, 6.45) is 0.237. The van der Waals surface area contributed by atoms with E-state index in [-0.39, 0.29) is 23.8 Å². The molecule has 1 atom stereocenters. The molecule has 0 aliphatic heterocycles. The van der Waals surface area contributed by atoms with E-state index in [1.54, 1.807) is 55.5 Å². The van der Waals surface area contributed by atoms with E-state index in [0.29, 0.717) is 22.3 Å². The third kappa shape index (κ3) is 8.38. The molecule has 0 spiro atoms. The van der Waals surface area contributed by atoms with Crippen molar-refractivity contribution in [2.45, 2.75) is 37.8 Å². The second-order valence-corrected chi connectivity index (χ2v) is 12.8. The Morgan fingerprint density at radius 2 is 1.37 bits per heavy atom. The van der Waals surface area contributed by atoms with Gasteiger partial charge in [0.25, 0.3) is 10.0 Å². The van der Waals surface area contributed by atoms with E-state index in [1.807, 2.05) is 37.3 Å². The number of nitrogens with zero attached hydrogens (tertiary/aromatic N) is 2. The lowest BCUT2D eigenvalue weighted by atomic mass is 10.0. The summed E-state index contributed by atoms with van der Waals surface area (Å²) in [5, 5.41) is 3.77. The van der Waals surface area contributed by atoms with Gasteiger partial charge in [-0.05, 0) is 73.5 Å². The van der Waals surface area contributed by atoms with Crippen molar-refractivity contribution in [2.75, 3.05) is 17.4 Å². The van der Waals surface area contributed by atoms with Gasteiger partial charge in [-0.15, -0.1) is 0 Å². The molecule has 0 aliphatic rings. The van der Waals surface area contributed by atoms with Gasteiger partial charge in [-0.2, -0.15) is 0 Å². The average molecular weight is 639 g/mol. The van der Waals surface area contributed by atoms with Gasteiger partial charge in [0.2, 0.25) is 11.8 Å². The number of halogens is 2. The zero-order valence-corrected chi connectivity index (χ0v) is 26.2. The predicted octanol–water partition coefficient (Wildman–Crippen LogP) is 6.27. The lowest BCUT2D eigenvalue weighted by molar-refractivity contribution is -0.140. The fourth-order valence-electron chi connectivity index (χ4n) is 4.61. The molecule has 4 rings (SSSR count). The highest BCUT2D eigenvalue weighted by atomic mass is 35.5. The molecule has 224 valence electrons. The molecule has 0 fully saturated rings. The summed E-state index contributed by atoms with van der Waals surface area (Å²) < 4.78 is 29.1. The van der Waals surface area contributed by atoms with E-state index in [2.05, 4.69) is 5.32 Å². The number of hydrogen-bond acceptors (Lipinski definition) is 4. The van der Waals surface area contributed by atoms with E-state index in [1.165, 1.54) is 29.2 Å². The van der Waals surface area contributed by atoms with Crippen molar-refractivity contribution in [3.8, 4) is 0 Å². The molecule has 0 saturated carbocycles. The molecule has 1 unspecified atom stereocenters.